The summed E-state index contributed by atoms with van der Waals surface area (Å²) in [5.41, 5.74) is 3.89. The van der Waals surface area contributed by atoms with Gasteiger partial charge < -0.3 is 36.5 Å². The van der Waals surface area contributed by atoms with Gasteiger partial charge in [-0.1, -0.05) is 0 Å². The van der Waals surface area contributed by atoms with Crippen LogP contribution in [0.5, 0.6) is 0 Å². The normalized spacial score (nSPS) is 12.4. The van der Waals surface area contributed by atoms with Crippen LogP contribution >= 0.6 is 0 Å². The van der Waals surface area contributed by atoms with E-state index in [2.05, 4.69) is 21.3 Å². The van der Waals surface area contributed by atoms with E-state index in [9.17, 15) is 19.2 Å². The van der Waals surface area contributed by atoms with Gasteiger partial charge in [-0.15, -0.1) is 0 Å². The van der Waals surface area contributed by atoms with Crippen LogP contribution in [-0.4, -0.2) is 67.4 Å². The summed E-state index contributed by atoms with van der Waals surface area (Å²) in [5.74, 6) is -0.735. The van der Waals surface area contributed by atoms with Crippen LogP contribution in [0.2, 0.25) is 0 Å². The molecule has 0 bridgehead atoms. The molecule has 1 atom stereocenters. The van der Waals surface area contributed by atoms with Crippen molar-refractivity contribution >= 4 is 24.0 Å². The first kappa shape index (κ1) is 27.4. The molecule has 0 unspecified atom stereocenters. The molecule has 11 heteroatoms. The van der Waals surface area contributed by atoms with Gasteiger partial charge in [-0.2, -0.15) is 0 Å². The molecule has 11 nitrogen and oxygen atoms in total. The molecule has 30 heavy (non-hydrogen) atoms. The second kappa shape index (κ2) is 12.9. The molecule has 0 aromatic carbocycles. The highest BCUT2D eigenvalue weighted by molar-refractivity contribution is 5.85. The lowest BCUT2D eigenvalue weighted by atomic mass is 10.1. The van der Waals surface area contributed by atoms with E-state index in [-0.39, 0.29) is 32.0 Å². The zero-order valence-electron chi connectivity index (χ0n) is 18.8. The van der Waals surface area contributed by atoms with E-state index in [0.717, 1.165) is 0 Å². The monoisotopic (exact) mass is 431 g/mol. The molecule has 0 saturated heterocycles. The van der Waals surface area contributed by atoms with Gasteiger partial charge in [-0.05, 0) is 54.4 Å². The highest BCUT2D eigenvalue weighted by Crippen LogP contribution is 2.08. The first-order valence-corrected chi connectivity index (χ1v) is 9.94. The number of nitrogens with two attached hydrogens (primary N) is 1. The van der Waals surface area contributed by atoms with E-state index in [1.54, 1.807) is 41.5 Å². The Morgan fingerprint density at radius 1 is 0.800 bits per heavy atom. The maximum Gasteiger partial charge on any atom is 0.408 e. The Balaban J connectivity index is 4.59. The molecule has 0 aromatic rings. The van der Waals surface area contributed by atoms with E-state index in [0.29, 0.717) is 13.0 Å². The van der Waals surface area contributed by atoms with Crippen molar-refractivity contribution in [3.63, 3.8) is 0 Å². The molecule has 0 saturated carbocycles. The van der Waals surface area contributed by atoms with Crippen LogP contribution in [0.3, 0.4) is 0 Å². The van der Waals surface area contributed by atoms with E-state index >= 15 is 0 Å². The Morgan fingerprint density at radius 2 is 1.33 bits per heavy atom. The Bertz CT molecular complexity index is 583. The molecular formula is C19H37N5O6. The molecule has 0 aliphatic rings. The fourth-order valence-electron chi connectivity index (χ4n) is 2.11. The molecule has 0 aliphatic heterocycles. The van der Waals surface area contributed by atoms with Gasteiger partial charge in [0, 0.05) is 19.6 Å². The Labute approximate surface area is 178 Å². The van der Waals surface area contributed by atoms with Crippen molar-refractivity contribution in [1.29, 1.82) is 0 Å². The van der Waals surface area contributed by atoms with Crippen LogP contribution in [0.1, 0.15) is 54.4 Å². The van der Waals surface area contributed by atoms with Crippen LogP contribution in [-0.2, 0) is 19.1 Å². The van der Waals surface area contributed by atoms with Crippen molar-refractivity contribution in [2.75, 3.05) is 26.2 Å². The van der Waals surface area contributed by atoms with Crippen molar-refractivity contribution in [1.82, 2.24) is 21.3 Å². The van der Waals surface area contributed by atoms with Crippen LogP contribution < -0.4 is 27.0 Å². The fourth-order valence-corrected chi connectivity index (χ4v) is 2.11. The lowest BCUT2D eigenvalue weighted by Gasteiger charge is -2.23. The third-order valence-electron chi connectivity index (χ3n) is 3.28. The molecule has 0 aliphatic carbocycles. The molecule has 0 spiro atoms. The van der Waals surface area contributed by atoms with Gasteiger partial charge in [0.1, 0.15) is 17.2 Å². The second-order valence-electron chi connectivity index (χ2n) is 8.61. The second-order valence-corrected chi connectivity index (χ2v) is 8.61. The summed E-state index contributed by atoms with van der Waals surface area (Å²) >= 11 is 0. The zero-order valence-corrected chi connectivity index (χ0v) is 18.8. The van der Waals surface area contributed by atoms with Crippen molar-refractivity contribution in [2.45, 2.75) is 71.6 Å². The summed E-state index contributed by atoms with van der Waals surface area (Å²) in [7, 11) is 0. The lowest BCUT2D eigenvalue weighted by molar-refractivity contribution is -0.123. The van der Waals surface area contributed by atoms with Gasteiger partial charge in [0.25, 0.3) is 0 Å². The first-order chi connectivity index (χ1) is 13.7. The third-order valence-corrected chi connectivity index (χ3v) is 3.28. The van der Waals surface area contributed by atoms with Gasteiger partial charge >= 0.3 is 12.2 Å². The topological polar surface area (TPSA) is 161 Å². The molecule has 0 aromatic heterocycles. The van der Waals surface area contributed by atoms with E-state index in [4.69, 9.17) is 15.2 Å². The summed E-state index contributed by atoms with van der Waals surface area (Å²) in [4.78, 5) is 47.3. The quantitative estimate of drug-likeness (QED) is 0.312. The summed E-state index contributed by atoms with van der Waals surface area (Å²) in [6, 6.07) is -0.865. The predicted octanol–water partition coefficient (Wildman–Crippen LogP) is 0.376. The minimum absolute atomic E-state index is 0.120. The number of hydrogen-bond donors (Lipinski definition) is 5. The summed E-state index contributed by atoms with van der Waals surface area (Å²) < 4.78 is 10.3. The van der Waals surface area contributed by atoms with Crippen molar-refractivity contribution in [3.8, 4) is 0 Å². The minimum atomic E-state index is -0.865. The number of rotatable bonds is 10. The average molecular weight is 432 g/mol. The third kappa shape index (κ3) is 15.4. The number of ether oxygens (including phenoxy) is 2. The van der Waals surface area contributed by atoms with E-state index < -0.39 is 35.3 Å². The molecular weight excluding hydrogens is 394 g/mol. The lowest BCUT2D eigenvalue weighted by Crippen LogP contribution is -2.49. The van der Waals surface area contributed by atoms with Gasteiger partial charge in [0.15, 0.2) is 0 Å². The van der Waals surface area contributed by atoms with Crippen LogP contribution in [0.25, 0.3) is 0 Å². The average Bonchev–Trinajstić information content (AvgIpc) is 2.57. The molecule has 0 heterocycles. The highest BCUT2D eigenvalue weighted by Gasteiger charge is 2.24. The van der Waals surface area contributed by atoms with Crippen molar-refractivity contribution < 1.29 is 28.7 Å². The zero-order chi connectivity index (χ0) is 23.4. The summed E-state index contributed by atoms with van der Waals surface area (Å²) in [6.07, 6.45) is -0.595. The SMILES string of the molecule is CC(C)(C)OC(=O)NCCNC(=O)[C@H](CCCNC(=O)CN)NC(=O)OC(C)(C)C. The first-order valence-electron chi connectivity index (χ1n) is 9.94. The summed E-state index contributed by atoms with van der Waals surface area (Å²) in [5, 5.41) is 10.3. The maximum absolute atomic E-state index is 12.5. The van der Waals surface area contributed by atoms with Crippen LogP contribution in [0.4, 0.5) is 9.59 Å². The van der Waals surface area contributed by atoms with Gasteiger partial charge in [0.2, 0.25) is 11.8 Å². The molecule has 0 rings (SSSR count). The van der Waals surface area contributed by atoms with Gasteiger partial charge in [-0.25, -0.2) is 9.59 Å². The highest BCUT2D eigenvalue weighted by atomic mass is 16.6. The largest absolute Gasteiger partial charge is 0.444 e. The van der Waals surface area contributed by atoms with Crippen LogP contribution in [0.15, 0.2) is 0 Å². The Kier molecular flexibility index (Phi) is 11.8. The Hall–Kier alpha value is -2.56. The van der Waals surface area contributed by atoms with E-state index in [1.165, 1.54) is 0 Å². The summed E-state index contributed by atoms with van der Waals surface area (Å²) in [6.45, 7) is 10.9. The Morgan fingerprint density at radius 3 is 1.87 bits per heavy atom. The van der Waals surface area contributed by atoms with Gasteiger partial charge in [0.05, 0.1) is 6.54 Å². The molecule has 4 amide bonds. The number of nitrogens with one attached hydrogen (secondary N) is 4. The van der Waals surface area contributed by atoms with Crippen molar-refractivity contribution in [2.24, 2.45) is 5.73 Å². The fraction of sp³-hybridized carbons (Fsp3) is 0.789. The van der Waals surface area contributed by atoms with Crippen molar-refractivity contribution in [3.05, 3.63) is 0 Å². The molecule has 0 fully saturated rings. The maximum atomic E-state index is 12.5. The number of carbonyl (C=O) groups is 4. The predicted molar refractivity (Wildman–Crippen MR) is 112 cm³/mol. The molecule has 6 N–H and O–H groups in total. The molecule has 174 valence electrons. The van der Waals surface area contributed by atoms with Crippen LogP contribution in [0, 0.1) is 0 Å². The number of carbonyl (C=O) groups excluding carboxylic acids is 4. The number of amides is 4. The standard InChI is InChI=1S/C19H37N5O6/c1-18(2,3)29-16(27)23-11-10-22-15(26)13(8-7-9-21-14(25)12-20)24-17(28)30-19(4,5)6/h13H,7-12,20H2,1-6H3,(H,21,25)(H,22,26)(H,23,27)(H,24,28)/t13-/m0/s1. The smallest absolute Gasteiger partial charge is 0.408 e. The van der Waals surface area contributed by atoms with E-state index in [1.807, 2.05) is 0 Å². The van der Waals surface area contributed by atoms with Gasteiger partial charge in [-0.3, -0.25) is 9.59 Å². The number of hydrogen-bond acceptors (Lipinski definition) is 7. The number of alkyl carbamates (subject to hydrolysis) is 2. The molecule has 0 radical (unpaired) electrons. The minimum Gasteiger partial charge on any atom is -0.444 e.